The van der Waals surface area contributed by atoms with Gasteiger partial charge in [0.1, 0.15) is 6.54 Å². The Kier molecular flexibility index (Phi) is 4.72. The fourth-order valence-electron chi connectivity index (χ4n) is 3.43. The predicted molar refractivity (Wildman–Crippen MR) is 114 cm³/mol. The van der Waals surface area contributed by atoms with Gasteiger partial charge in [0.15, 0.2) is 10.7 Å². The molecule has 0 unspecified atom stereocenters. The van der Waals surface area contributed by atoms with Gasteiger partial charge in [-0.15, -0.1) is 11.3 Å². The van der Waals surface area contributed by atoms with E-state index in [0.29, 0.717) is 40.6 Å². The maximum atomic E-state index is 12.9. The van der Waals surface area contributed by atoms with Crippen LogP contribution in [-0.2, 0) is 24.3 Å². The number of hydrogen-bond acceptors (Lipinski definition) is 7. The second-order valence-electron chi connectivity index (χ2n) is 6.81. The molecule has 152 valence electrons. The third kappa shape index (κ3) is 3.44. The highest BCUT2D eigenvalue weighted by Crippen LogP contribution is 2.29. The predicted octanol–water partition coefficient (Wildman–Crippen LogP) is 2.95. The van der Waals surface area contributed by atoms with Crippen molar-refractivity contribution >= 4 is 50.7 Å². The zero-order chi connectivity index (χ0) is 20.7. The van der Waals surface area contributed by atoms with Crippen LogP contribution in [-0.4, -0.2) is 32.8 Å². The monoisotopic (exact) mass is 440 g/mol. The van der Waals surface area contributed by atoms with Crippen molar-refractivity contribution in [3.05, 3.63) is 67.8 Å². The summed E-state index contributed by atoms with van der Waals surface area (Å²) in [5, 5.41) is 5.21. The Bertz CT molecular complexity index is 1300. The van der Waals surface area contributed by atoms with Crippen LogP contribution in [0.4, 0.5) is 5.13 Å². The number of carbonyl (C=O) groups excluding carboxylic acids is 2. The summed E-state index contributed by atoms with van der Waals surface area (Å²) in [5.74, 6) is -0.888. The molecule has 0 aliphatic carbocycles. The van der Waals surface area contributed by atoms with E-state index in [9.17, 15) is 14.4 Å². The minimum Gasteiger partial charge on any atom is -0.408 e. The van der Waals surface area contributed by atoms with Crippen LogP contribution in [0.1, 0.15) is 20.2 Å². The number of anilines is 1. The summed E-state index contributed by atoms with van der Waals surface area (Å²) in [5.41, 5.74) is 1.96. The highest BCUT2D eigenvalue weighted by Gasteiger charge is 2.26. The van der Waals surface area contributed by atoms with Gasteiger partial charge in [0.2, 0.25) is 5.91 Å². The topological polar surface area (TPSA) is 97.4 Å². The second kappa shape index (κ2) is 7.54. The quantitative estimate of drug-likeness (QED) is 0.526. The zero-order valence-electron chi connectivity index (χ0n) is 15.7. The number of fused-ring (bicyclic) bond motifs is 2. The van der Waals surface area contributed by atoms with Gasteiger partial charge in [-0.05, 0) is 23.6 Å². The lowest BCUT2D eigenvalue weighted by Crippen LogP contribution is -2.38. The second-order valence-corrected chi connectivity index (χ2v) is 8.84. The van der Waals surface area contributed by atoms with Crippen LogP contribution in [0.2, 0.25) is 0 Å². The molecule has 1 aromatic carbocycles. The maximum Gasteiger partial charge on any atom is 0.420 e. The molecule has 0 spiro atoms. The van der Waals surface area contributed by atoms with Crippen molar-refractivity contribution in [3.8, 4) is 0 Å². The summed E-state index contributed by atoms with van der Waals surface area (Å²) in [6, 6.07) is 10.6. The Morgan fingerprint density at radius 1 is 1.20 bits per heavy atom. The molecular weight excluding hydrogens is 424 g/mol. The highest BCUT2D eigenvalue weighted by atomic mass is 32.1. The van der Waals surface area contributed by atoms with Gasteiger partial charge in [-0.25, -0.2) is 9.78 Å². The molecule has 0 bridgehead atoms. The molecule has 2 amide bonds. The smallest absolute Gasteiger partial charge is 0.408 e. The van der Waals surface area contributed by atoms with Crippen LogP contribution >= 0.6 is 22.7 Å². The fourth-order valence-corrected chi connectivity index (χ4v) is 5.07. The van der Waals surface area contributed by atoms with Crippen LogP contribution in [0, 0.1) is 0 Å². The molecule has 4 heterocycles. The molecule has 0 saturated heterocycles. The number of oxazole rings is 1. The van der Waals surface area contributed by atoms with Crippen molar-refractivity contribution in [2.24, 2.45) is 0 Å². The lowest BCUT2D eigenvalue weighted by molar-refractivity contribution is -0.132. The number of hydrogen-bond donors (Lipinski definition) is 1. The number of thiophene rings is 1. The molecule has 5 rings (SSSR count). The van der Waals surface area contributed by atoms with Gasteiger partial charge in [-0.1, -0.05) is 29.5 Å². The molecule has 1 aliphatic heterocycles. The van der Waals surface area contributed by atoms with E-state index in [0.717, 1.165) is 10.6 Å². The molecule has 0 atom stereocenters. The number of nitrogens with one attached hydrogen (secondary N) is 1. The van der Waals surface area contributed by atoms with Crippen LogP contribution < -0.4 is 11.1 Å². The van der Waals surface area contributed by atoms with E-state index in [1.807, 2.05) is 11.4 Å². The van der Waals surface area contributed by atoms with E-state index in [2.05, 4.69) is 10.3 Å². The Labute approximate surface area is 178 Å². The highest BCUT2D eigenvalue weighted by molar-refractivity contribution is 7.16. The van der Waals surface area contributed by atoms with Crippen LogP contribution in [0.25, 0.3) is 11.1 Å². The van der Waals surface area contributed by atoms with Crippen molar-refractivity contribution in [1.82, 2.24) is 14.5 Å². The van der Waals surface area contributed by atoms with E-state index >= 15 is 0 Å². The van der Waals surface area contributed by atoms with Gasteiger partial charge in [-0.3, -0.25) is 19.5 Å². The molecule has 0 fully saturated rings. The molecule has 0 radical (unpaired) electrons. The number of aromatic nitrogens is 2. The third-order valence-corrected chi connectivity index (χ3v) is 6.78. The maximum absolute atomic E-state index is 12.9. The number of carbonyl (C=O) groups is 2. The molecule has 1 aliphatic rings. The minimum atomic E-state index is -0.543. The zero-order valence-corrected chi connectivity index (χ0v) is 17.3. The Balaban J connectivity index is 1.30. The average Bonchev–Trinajstić information content (AvgIpc) is 3.46. The molecule has 10 heteroatoms. The lowest BCUT2D eigenvalue weighted by Gasteiger charge is -2.26. The first-order valence-electron chi connectivity index (χ1n) is 9.28. The van der Waals surface area contributed by atoms with Crippen molar-refractivity contribution < 1.29 is 14.0 Å². The number of rotatable bonds is 4. The normalized spacial score (nSPS) is 13.4. The number of nitrogens with zero attached hydrogens (tertiary/aromatic N) is 3. The summed E-state index contributed by atoms with van der Waals surface area (Å²) in [6.45, 7) is 0.843. The first-order valence-corrected chi connectivity index (χ1v) is 11.0. The van der Waals surface area contributed by atoms with Gasteiger partial charge in [0.05, 0.1) is 22.6 Å². The van der Waals surface area contributed by atoms with Crippen molar-refractivity contribution in [3.63, 3.8) is 0 Å². The number of amides is 2. The molecule has 8 nitrogen and oxygen atoms in total. The largest absolute Gasteiger partial charge is 0.420 e. The fraction of sp³-hybridized carbons (Fsp3) is 0.200. The van der Waals surface area contributed by atoms with E-state index in [1.165, 1.54) is 27.2 Å². The van der Waals surface area contributed by atoms with Crippen molar-refractivity contribution in [1.29, 1.82) is 0 Å². The molecule has 4 aromatic rings. The molecule has 1 N–H and O–H groups in total. The van der Waals surface area contributed by atoms with Gasteiger partial charge in [-0.2, -0.15) is 0 Å². The van der Waals surface area contributed by atoms with Gasteiger partial charge in [0, 0.05) is 17.8 Å². The molecular formula is C20H16N4O4S2. The van der Waals surface area contributed by atoms with Crippen LogP contribution in [0.5, 0.6) is 0 Å². The Hall–Kier alpha value is -3.24. The van der Waals surface area contributed by atoms with Crippen LogP contribution in [0.3, 0.4) is 0 Å². The first kappa shape index (κ1) is 18.8. The standard InChI is InChI=1S/C20H16N4O4S2/c25-17(11-24-13-4-1-2-5-14(13)28-20(24)27)23-8-7-12-16(10-23)30-19(21-12)22-18(26)15-6-3-9-29-15/h1-6,9H,7-8,10-11H2,(H,21,22,26). The SMILES string of the molecule is O=C(Nc1nc2c(s1)CN(C(=O)Cn1c(=O)oc3ccccc31)CC2)c1cccs1. The van der Waals surface area contributed by atoms with Gasteiger partial charge in [0.25, 0.3) is 5.91 Å². The van der Waals surface area contributed by atoms with E-state index in [4.69, 9.17) is 4.42 Å². The summed E-state index contributed by atoms with van der Waals surface area (Å²) in [6.07, 6.45) is 0.605. The summed E-state index contributed by atoms with van der Waals surface area (Å²) in [7, 11) is 0. The summed E-state index contributed by atoms with van der Waals surface area (Å²) in [4.78, 5) is 45.0. The first-order chi connectivity index (χ1) is 14.6. The van der Waals surface area contributed by atoms with E-state index in [-0.39, 0.29) is 18.4 Å². The third-order valence-electron chi connectivity index (χ3n) is 4.92. The van der Waals surface area contributed by atoms with Gasteiger partial charge >= 0.3 is 5.76 Å². The molecule has 30 heavy (non-hydrogen) atoms. The average molecular weight is 441 g/mol. The Morgan fingerprint density at radius 3 is 2.90 bits per heavy atom. The number of benzene rings is 1. The Morgan fingerprint density at radius 2 is 2.07 bits per heavy atom. The summed E-state index contributed by atoms with van der Waals surface area (Å²) >= 11 is 2.75. The van der Waals surface area contributed by atoms with Crippen molar-refractivity contribution in [2.75, 3.05) is 11.9 Å². The van der Waals surface area contributed by atoms with E-state index < -0.39 is 5.76 Å². The summed E-state index contributed by atoms with van der Waals surface area (Å²) < 4.78 is 6.56. The van der Waals surface area contributed by atoms with Gasteiger partial charge < -0.3 is 9.32 Å². The van der Waals surface area contributed by atoms with E-state index in [1.54, 1.807) is 35.2 Å². The minimum absolute atomic E-state index is 0.0774. The van der Waals surface area contributed by atoms with Crippen molar-refractivity contribution in [2.45, 2.75) is 19.5 Å². The number of thiazole rings is 1. The van der Waals surface area contributed by atoms with Crippen LogP contribution in [0.15, 0.2) is 51.0 Å². The lowest BCUT2D eigenvalue weighted by atomic mass is 10.2. The number of para-hydroxylation sites is 2. The molecule has 3 aromatic heterocycles. The molecule has 0 saturated carbocycles.